The fraction of sp³-hybridized carbons (Fsp3) is 0.250. The number of aryl methyl sites for hydroxylation is 1. The Hall–Kier alpha value is -0.430. The zero-order chi connectivity index (χ0) is 6.69. The van der Waals surface area contributed by atoms with Crippen LogP contribution in [-0.4, -0.2) is 0 Å². The second-order valence-electron chi connectivity index (χ2n) is 2.05. The van der Waals surface area contributed by atoms with Crippen LogP contribution in [0.4, 0.5) is 0 Å². The highest BCUT2D eigenvalue weighted by Gasteiger charge is 1.86. The molecule has 0 amide bonds. The minimum Gasteiger partial charge on any atom is -0.175 e. The molecule has 1 aromatic rings. The summed E-state index contributed by atoms with van der Waals surface area (Å²) in [5, 5.41) is 0. The molecule has 1 aromatic carbocycles. The molecule has 0 atom stereocenters. The van der Waals surface area contributed by atoms with Gasteiger partial charge in [0.05, 0.1) is 0 Å². The van der Waals surface area contributed by atoms with Crippen molar-refractivity contribution < 1.29 is 0 Å². The highest BCUT2D eigenvalue weighted by molar-refractivity contribution is 7.79. The molecule has 0 fully saturated rings. The van der Waals surface area contributed by atoms with Crippen LogP contribution in [0.1, 0.15) is 11.1 Å². The van der Waals surface area contributed by atoms with Crippen LogP contribution in [0.25, 0.3) is 0 Å². The molecular formula is C8H9S. The number of benzene rings is 1. The Bertz CT molecular complexity index is 176. The number of hydrogen-bond acceptors (Lipinski definition) is 1. The summed E-state index contributed by atoms with van der Waals surface area (Å²) in [6.07, 6.45) is 0. The van der Waals surface area contributed by atoms with E-state index in [0.29, 0.717) is 0 Å². The summed E-state index contributed by atoms with van der Waals surface area (Å²) in [7, 11) is 0. The zero-order valence-electron chi connectivity index (χ0n) is 5.39. The maximum Gasteiger partial charge on any atom is 0.0160 e. The number of rotatable bonds is 1. The molecule has 0 bridgehead atoms. The van der Waals surface area contributed by atoms with E-state index in [-0.39, 0.29) is 0 Å². The van der Waals surface area contributed by atoms with Crippen molar-refractivity contribution in [2.24, 2.45) is 0 Å². The maximum absolute atomic E-state index is 4.11. The minimum atomic E-state index is 0.778. The zero-order valence-corrected chi connectivity index (χ0v) is 6.28. The van der Waals surface area contributed by atoms with E-state index in [4.69, 9.17) is 0 Å². The molecule has 0 spiro atoms. The largest absolute Gasteiger partial charge is 0.175 e. The Morgan fingerprint density at radius 1 is 1.56 bits per heavy atom. The van der Waals surface area contributed by atoms with E-state index in [0.717, 1.165) is 11.3 Å². The van der Waals surface area contributed by atoms with Crippen molar-refractivity contribution in [1.29, 1.82) is 0 Å². The van der Waals surface area contributed by atoms with Crippen LogP contribution in [0, 0.1) is 13.0 Å². The minimum absolute atomic E-state index is 0.778. The molecular weight excluding hydrogens is 128 g/mol. The molecule has 0 aliphatic heterocycles. The lowest BCUT2D eigenvalue weighted by atomic mass is 10.2. The van der Waals surface area contributed by atoms with Crippen LogP contribution in [0.15, 0.2) is 18.2 Å². The summed E-state index contributed by atoms with van der Waals surface area (Å²) in [6, 6.07) is 9.20. The van der Waals surface area contributed by atoms with Crippen molar-refractivity contribution in [2.75, 3.05) is 0 Å². The van der Waals surface area contributed by atoms with E-state index in [9.17, 15) is 0 Å². The van der Waals surface area contributed by atoms with E-state index in [2.05, 4.69) is 31.7 Å². The monoisotopic (exact) mass is 137 g/mol. The van der Waals surface area contributed by atoms with Gasteiger partial charge in [0.25, 0.3) is 0 Å². The van der Waals surface area contributed by atoms with Gasteiger partial charge in [-0.05, 0) is 18.6 Å². The average molecular weight is 137 g/mol. The van der Waals surface area contributed by atoms with Gasteiger partial charge >= 0.3 is 0 Å². The van der Waals surface area contributed by atoms with Crippen LogP contribution in [0.2, 0.25) is 0 Å². The standard InChI is InChI=1S/C8H9S/c1-7-2-4-8(6-9)5-3-7/h2-4,9H,6H2,1H3. The molecule has 0 nitrogen and oxygen atoms in total. The lowest BCUT2D eigenvalue weighted by Crippen LogP contribution is -1.76. The number of hydrogen-bond donors (Lipinski definition) is 1. The molecule has 0 saturated carbocycles. The van der Waals surface area contributed by atoms with Crippen molar-refractivity contribution in [1.82, 2.24) is 0 Å². The molecule has 0 saturated heterocycles. The van der Waals surface area contributed by atoms with Gasteiger partial charge in [0.2, 0.25) is 0 Å². The van der Waals surface area contributed by atoms with Gasteiger partial charge in [-0.1, -0.05) is 23.8 Å². The summed E-state index contributed by atoms with van der Waals surface area (Å²) in [5.41, 5.74) is 2.41. The molecule has 1 radical (unpaired) electrons. The SMILES string of the molecule is Cc1c[c]c(CS)cc1. The van der Waals surface area contributed by atoms with Gasteiger partial charge in [-0.3, -0.25) is 0 Å². The predicted molar refractivity (Wildman–Crippen MR) is 42.7 cm³/mol. The summed E-state index contributed by atoms with van der Waals surface area (Å²) in [6.45, 7) is 2.05. The van der Waals surface area contributed by atoms with Crippen LogP contribution >= 0.6 is 12.6 Å². The van der Waals surface area contributed by atoms with Crippen molar-refractivity contribution >= 4 is 12.6 Å². The summed E-state index contributed by atoms with van der Waals surface area (Å²) >= 11 is 4.11. The Morgan fingerprint density at radius 2 is 2.33 bits per heavy atom. The molecule has 0 unspecified atom stereocenters. The van der Waals surface area contributed by atoms with Gasteiger partial charge in [0, 0.05) is 5.75 Å². The van der Waals surface area contributed by atoms with E-state index in [1.807, 2.05) is 12.1 Å². The quantitative estimate of drug-likeness (QED) is 0.564. The second-order valence-corrected chi connectivity index (χ2v) is 2.37. The van der Waals surface area contributed by atoms with Crippen LogP contribution in [0.5, 0.6) is 0 Å². The van der Waals surface area contributed by atoms with E-state index in [1.165, 1.54) is 5.56 Å². The van der Waals surface area contributed by atoms with Gasteiger partial charge in [-0.15, -0.1) is 0 Å². The third kappa shape index (κ3) is 1.75. The average Bonchev–Trinajstić information content (AvgIpc) is 1.90. The van der Waals surface area contributed by atoms with Crippen LogP contribution < -0.4 is 0 Å². The van der Waals surface area contributed by atoms with Crippen molar-refractivity contribution in [2.45, 2.75) is 12.7 Å². The molecule has 0 N–H and O–H groups in total. The van der Waals surface area contributed by atoms with E-state index in [1.54, 1.807) is 0 Å². The first kappa shape index (κ1) is 6.69. The molecule has 1 rings (SSSR count). The first-order valence-corrected chi connectivity index (χ1v) is 3.54. The molecule has 0 aliphatic carbocycles. The van der Waals surface area contributed by atoms with Gasteiger partial charge in [0.1, 0.15) is 0 Å². The Kier molecular flexibility index (Phi) is 2.17. The normalized spacial score (nSPS) is 9.56. The topological polar surface area (TPSA) is 0 Å². The first-order valence-electron chi connectivity index (χ1n) is 2.91. The summed E-state index contributed by atoms with van der Waals surface area (Å²) < 4.78 is 0. The Balaban J connectivity index is 2.88. The van der Waals surface area contributed by atoms with Gasteiger partial charge in [-0.2, -0.15) is 12.6 Å². The molecule has 47 valence electrons. The highest BCUT2D eigenvalue weighted by atomic mass is 32.1. The molecule has 1 heteroatoms. The Labute approximate surface area is 61.3 Å². The third-order valence-electron chi connectivity index (χ3n) is 1.20. The summed E-state index contributed by atoms with van der Waals surface area (Å²) in [5.74, 6) is 0.778. The first-order chi connectivity index (χ1) is 4.33. The third-order valence-corrected chi connectivity index (χ3v) is 1.54. The van der Waals surface area contributed by atoms with Crippen molar-refractivity contribution in [3.8, 4) is 0 Å². The molecule has 0 aliphatic rings. The van der Waals surface area contributed by atoms with Crippen LogP contribution in [-0.2, 0) is 5.75 Å². The van der Waals surface area contributed by atoms with E-state index >= 15 is 0 Å². The van der Waals surface area contributed by atoms with Gasteiger partial charge in [-0.25, -0.2) is 0 Å². The van der Waals surface area contributed by atoms with Gasteiger partial charge < -0.3 is 0 Å². The lowest BCUT2D eigenvalue weighted by molar-refractivity contribution is 1.36. The number of thiol groups is 1. The van der Waals surface area contributed by atoms with Gasteiger partial charge in [0.15, 0.2) is 0 Å². The summed E-state index contributed by atoms with van der Waals surface area (Å²) in [4.78, 5) is 0. The van der Waals surface area contributed by atoms with E-state index < -0.39 is 0 Å². The Morgan fingerprint density at radius 3 is 2.78 bits per heavy atom. The lowest BCUT2D eigenvalue weighted by Gasteiger charge is -1.93. The molecule has 0 heterocycles. The maximum atomic E-state index is 4.11. The fourth-order valence-electron chi connectivity index (χ4n) is 0.633. The molecule has 0 aromatic heterocycles. The molecule has 9 heavy (non-hydrogen) atoms. The fourth-order valence-corrected chi connectivity index (χ4v) is 0.830. The van der Waals surface area contributed by atoms with Crippen LogP contribution in [0.3, 0.4) is 0 Å². The highest BCUT2D eigenvalue weighted by Crippen LogP contribution is 2.03. The predicted octanol–water partition coefficient (Wildman–Crippen LogP) is 2.23. The smallest absolute Gasteiger partial charge is 0.0160 e. The van der Waals surface area contributed by atoms with Crippen molar-refractivity contribution in [3.05, 3.63) is 35.4 Å². The van der Waals surface area contributed by atoms with Crippen molar-refractivity contribution in [3.63, 3.8) is 0 Å². The second kappa shape index (κ2) is 2.92.